The van der Waals surface area contributed by atoms with E-state index in [0.717, 1.165) is 0 Å². The zero-order valence-corrected chi connectivity index (χ0v) is 9.60. The second-order valence-corrected chi connectivity index (χ2v) is 4.45. The lowest BCUT2D eigenvalue weighted by atomic mass is 10.1. The van der Waals surface area contributed by atoms with E-state index in [1.807, 2.05) is 20.8 Å². The molecule has 0 bridgehead atoms. The van der Waals surface area contributed by atoms with Crippen molar-refractivity contribution in [1.29, 1.82) is 0 Å². The molecule has 0 aliphatic rings. The first-order valence-electron chi connectivity index (χ1n) is 4.93. The Morgan fingerprint density at radius 3 is 2.69 bits per heavy atom. The molecular formula is C11H16N2O3. The van der Waals surface area contributed by atoms with E-state index in [9.17, 15) is 4.79 Å². The second kappa shape index (κ2) is 4.49. The van der Waals surface area contributed by atoms with Crippen LogP contribution >= 0.6 is 0 Å². The van der Waals surface area contributed by atoms with E-state index in [1.165, 1.54) is 6.20 Å². The van der Waals surface area contributed by atoms with E-state index < -0.39 is 12.0 Å². The van der Waals surface area contributed by atoms with E-state index in [-0.39, 0.29) is 11.3 Å². The first-order chi connectivity index (χ1) is 7.29. The van der Waals surface area contributed by atoms with Crippen LogP contribution in [0.15, 0.2) is 18.3 Å². The van der Waals surface area contributed by atoms with Gasteiger partial charge in [-0.1, -0.05) is 0 Å². The van der Waals surface area contributed by atoms with E-state index in [4.69, 9.17) is 15.6 Å². The van der Waals surface area contributed by atoms with Crippen molar-refractivity contribution in [1.82, 2.24) is 4.98 Å². The van der Waals surface area contributed by atoms with Crippen molar-refractivity contribution >= 4 is 5.97 Å². The molecule has 0 saturated carbocycles. The minimum absolute atomic E-state index is 0.286. The maximum atomic E-state index is 10.7. The van der Waals surface area contributed by atoms with Crippen molar-refractivity contribution in [3.63, 3.8) is 0 Å². The fourth-order valence-electron chi connectivity index (χ4n) is 1.14. The summed E-state index contributed by atoms with van der Waals surface area (Å²) in [5, 5.41) is 8.75. The number of ether oxygens (including phenoxy) is 1. The lowest BCUT2D eigenvalue weighted by Crippen LogP contribution is -2.24. The third-order valence-electron chi connectivity index (χ3n) is 1.76. The molecular weight excluding hydrogens is 208 g/mol. The third kappa shape index (κ3) is 3.51. The Bertz CT molecular complexity index is 385. The Balaban J connectivity index is 2.91. The molecule has 1 heterocycles. The Morgan fingerprint density at radius 1 is 1.56 bits per heavy atom. The van der Waals surface area contributed by atoms with Crippen LogP contribution in [0.1, 0.15) is 32.5 Å². The van der Waals surface area contributed by atoms with Crippen LogP contribution in [-0.4, -0.2) is 21.7 Å². The highest BCUT2D eigenvalue weighted by Gasteiger charge is 2.18. The number of nitrogens with zero attached hydrogens (tertiary/aromatic N) is 1. The molecule has 16 heavy (non-hydrogen) atoms. The minimum Gasteiger partial charge on any atom is -0.488 e. The Labute approximate surface area is 94.2 Å². The summed E-state index contributed by atoms with van der Waals surface area (Å²) in [6.07, 6.45) is 1.49. The summed E-state index contributed by atoms with van der Waals surface area (Å²) in [7, 11) is 0. The monoisotopic (exact) mass is 224 g/mol. The standard InChI is InChI=1S/C11H16N2O3/c1-11(2,3)16-7-4-5-13-8(6-7)9(12)10(14)15/h4-6,9H,12H2,1-3H3,(H,14,15). The number of carbonyl (C=O) groups is 1. The van der Waals surface area contributed by atoms with Crippen LogP contribution in [-0.2, 0) is 4.79 Å². The van der Waals surface area contributed by atoms with E-state index >= 15 is 0 Å². The number of carboxylic acids is 1. The van der Waals surface area contributed by atoms with Gasteiger partial charge in [0.15, 0.2) is 0 Å². The minimum atomic E-state index is -1.12. The molecule has 1 aromatic heterocycles. The first kappa shape index (κ1) is 12.4. The summed E-state index contributed by atoms with van der Waals surface area (Å²) < 4.78 is 5.58. The predicted octanol–water partition coefficient (Wildman–Crippen LogP) is 1.34. The normalized spacial score (nSPS) is 13.2. The molecule has 88 valence electrons. The fraction of sp³-hybridized carbons (Fsp3) is 0.455. The maximum absolute atomic E-state index is 10.7. The predicted molar refractivity (Wildman–Crippen MR) is 59.2 cm³/mol. The molecule has 1 unspecified atom stereocenters. The molecule has 0 radical (unpaired) electrons. The fourth-order valence-corrected chi connectivity index (χ4v) is 1.14. The quantitative estimate of drug-likeness (QED) is 0.809. The van der Waals surface area contributed by atoms with Gasteiger partial charge in [0.2, 0.25) is 0 Å². The average Bonchev–Trinajstić information content (AvgIpc) is 2.14. The lowest BCUT2D eigenvalue weighted by molar-refractivity contribution is -0.138. The molecule has 5 nitrogen and oxygen atoms in total. The Morgan fingerprint density at radius 2 is 2.19 bits per heavy atom. The van der Waals surface area contributed by atoms with Gasteiger partial charge in [0.1, 0.15) is 17.4 Å². The lowest BCUT2D eigenvalue weighted by Gasteiger charge is -2.21. The summed E-state index contributed by atoms with van der Waals surface area (Å²) in [4.78, 5) is 14.6. The van der Waals surface area contributed by atoms with Crippen molar-refractivity contribution in [3.05, 3.63) is 24.0 Å². The first-order valence-corrected chi connectivity index (χ1v) is 4.93. The van der Waals surface area contributed by atoms with E-state index in [0.29, 0.717) is 5.75 Å². The van der Waals surface area contributed by atoms with Crippen LogP contribution in [0.5, 0.6) is 5.75 Å². The number of aromatic nitrogens is 1. The van der Waals surface area contributed by atoms with Crippen LogP contribution in [0.25, 0.3) is 0 Å². The number of rotatable bonds is 3. The summed E-state index contributed by atoms with van der Waals surface area (Å²) in [5.41, 5.74) is 5.40. The van der Waals surface area contributed by atoms with Gasteiger partial charge in [-0.15, -0.1) is 0 Å². The molecule has 1 atom stereocenters. The summed E-state index contributed by atoms with van der Waals surface area (Å²) in [5.74, 6) is -0.547. The van der Waals surface area contributed by atoms with Gasteiger partial charge in [-0.3, -0.25) is 9.78 Å². The number of carboxylic acid groups (broad SMARTS) is 1. The average molecular weight is 224 g/mol. The largest absolute Gasteiger partial charge is 0.488 e. The van der Waals surface area contributed by atoms with Crippen LogP contribution < -0.4 is 10.5 Å². The van der Waals surface area contributed by atoms with Gasteiger partial charge in [-0.05, 0) is 26.8 Å². The highest BCUT2D eigenvalue weighted by molar-refractivity contribution is 5.74. The van der Waals surface area contributed by atoms with Crippen LogP contribution in [0.3, 0.4) is 0 Å². The van der Waals surface area contributed by atoms with Gasteiger partial charge >= 0.3 is 5.97 Å². The molecule has 0 saturated heterocycles. The topological polar surface area (TPSA) is 85.4 Å². The molecule has 3 N–H and O–H groups in total. The zero-order valence-electron chi connectivity index (χ0n) is 9.60. The van der Waals surface area contributed by atoms with Gasteiger partial charge in [0.05, 0.1) is 5.69 Å². The number of pyridine rings is 1. The van der Waals surface area contributed by atoms with E-state index in [2.05, 4.69) is 4.98 Å². The van der Waals surface area contributed by atoms with Crippen LogP contribution in [0, 0.1) is 0 Å². The number of hydrogen-bond acceptors (Lipinski definition) is 4. The van der Waals surface area contributed by atoms with Crippen molar-refractivity contribution in [2.45, 2.75) is 32.4 Å². The van der Waals surface area contributed by atoms with Crippen LogP contribution in [0.2, 0.25) is 0 Å². The maximum Gasteiger partial charge on any atom is 0.326 e. The van der Waals surface area contributed by atoms with Crippen molar-refractivity contribution in [3.8, 4) is 5.75 Å². The highest BCUT2D eigenvalue weighted by atomic mass is 16.5. The zero-order chi connectivity index (χ0) is 12.3. The van der Waals surface area contributed by atoms with E-state index in [1.54, 1.807) is 12.1 Å². The number of aliphatic carboxylic acids is 1. The summed E-state index contributed by atoms with van der Waals surface area (Å²) in [6, 6.07) is 2.09. The molecule has 1 aromatic rings. The Hall–Kier alpha value is -1.62. The molecule has 1 rings (SSSR count). The highest BCUT2D eigenvalue weighted by Crippen LogP contribution is 2.20. The summed E-state index contributed by atoms with van der Waals surface area (Å²) in [6.45, 7) is 5.72. The number of nitrogens with two attached hydrogens (primary N) is 1. The van der Waals surface area contributed by atoms with Gasteiger partial charge in [0, 0.05) is 12.3 Å². The molecule has 0 aromatic carbocycles. The third-order valence-corrected chi connectivity index (χ3v) is 1.76. The van der Waals surface area contributed by atoms with Crippen molar-refractivity contribution in [2.24, 2.45) is 5.73 Å². The van der Waals surface area contributed by atoms with Gasteiger partial charge < -0.3 is 15.6 Å². The molecule has 0 aliphatic carbocycles. The molecule has 5 heteroatoms. The molecule has 0 amide bonds. The number of hydrogen-bond donors (Lipinski definition) is 2. The van der Waals surface area contributed by atoms with Crippen molar-refractivity contribution in [2.75, 3.05) is 0 Å². The smallest absolute Gasteiger partial charge is 0.326 e. The van der Waals surface area contributed by atoms with Gasteiger partial charge in [-0.25, -0.2) is 0 Å². The van der Waals surface area contributed by atoms with Gasteiger partial charge in [-0.2, -0.15) is 0 Å². The SMILES string of the molecule is CC(C)(C)Oc1ccnc(C(N)C(=O)O)c1. The van der Waals surface area contributed by atoms with Gasteiger partial charge in [0.25, 0.3) is 0 Å². The van der Waals surface area contributed by atoms with Crippen molar-refractivity contribution < 1.29 is 14.6 Å². The molecule has 0 fully saturated rings. The van der Waals surface area contributed by atoms with Crippen LogP contribution in [0.4, 0.5) is 0 Å². The molecule has 0 spiro atoms. The molecule has 0 aliphatic heterocycles. The summed E-state index contributed by atoms with van der Waals surface area (Å²) >= 11 is 0. The Kier molecular flexibility index (Phi) is 3.49. The second-order valence-electron chi connectivity index (χ2n) is 4.45.